The van der Waals surface area contributed by atoms with Gasteiger partial charge in [-0.25, -0.2) is 0 Å². The summed E-state index contributed by atoms with van der Waals surface area (Å²) in [6, 6.07) is 2.20. The molecule has 0 saturated carbocycles. The molecule has 0 N–H and O–H groups in total. The molecule has 13 heavy (non-hydrogen) atoms. The summed E-state index contributed by atoms with van der Waals surface area (Å²) >= 11 is 0. The smallest absolute Gasteiger partial charge is 0.0472 e. The molecule has 0 aliphatic heterocycles. The molecule has 2 unspecified atom stereocenters. The molecule has 0 bridgehead atoms. The maximum Gasteiger partial charge on any atom is 0.0472 e. The minimum absolute atomic E-state index is 0.656. The summed E-state index contributed by atoms with van der Waals surface area (Å²) in [7, 11) is 0. The summed E-state index contributed by atoms with van der Waals surface area (Å²) in [5.41, 5.74) is 5.46. The highest BCUT2D eigenvalue weighted by Gasteiger charge is 2.27. The lowest BCUT2D eigenvalue weighted by Gasteiger charge is -2.09. The van der Waals surface area contributed by atoms with Gasteiger partial charge in [-0.05, 0) is 49.3 Å². The molecule has 1 aliphatic rings. The average molecular weight is 175 g/mol. The first-order valence-corrected chi connectivity index (χ1v) is 5.07. The van der Waals surface area contributed by atoms with Crippen LogP contribution in [0, 0.1) is 13.8 Å². The summed E-state index contributed by atoms with van der Waals surface area (Å²) in [6.45, 7) is 8.89. The SMILES string of the molecule is Cc1cc(C)c2c(n1)C(C)CC2C. The summed E-state index contributed by atoms with van der Waals surface area (Å²) in [5, 5.41) is 0. The Labute approximate surface area is 80.2 Å². The molecule has 1 aromatic rings. The second-order valence-electron chi connectivity index (χ2n) is 4.42. The van der Waals surface area contributed by atoms with Crippen LogP contribution in [0.3, 0.4) is 0 Å². The molecule has 1 aromatic heterocycles. The first-order chi connectivity index (χ1) is 6.09. The van der Waals surface area contributed by atoms with Crippen LogP contribution in [0.2, 0.25) is 0 Å². The van der Waals surface area contributed by atoms with Crippen molar-refractivity contribution in [1.29, 1.82) is 0 Å². The van der Waals surface area contributed by atoms with Crippen molar-refractivity contribution >= 4 is 0 Å². The van der Waals surface area contributed by atoms with Crippen LogP contribution >= 0.6 is 0 Å². The molecule has 1 heterocycles. The Morgan fingerprint density at radius 2 is 1.92 bits per heavy atom. The van der Waals surface area contributed by atoms with Gasteiger partial charge < -0.3 is 0 Å². The van der Waals surface area contributed by atoms with Crippen LogP contribution in [0.15, 0.2) is 6.07 Å². The van der Waals surface area contributed by atoms with E-state index in [0.717, 1.165) is 5.69 Å². The van der Waals surface area contributed by atoms with Gasteiger partial charge in [0.15, 0.2) is 0 Å². The van der Waals surface area contributed by atoms with Crippen LogP contribution in [0.5, 0.6) is 0 Å². The number of fused-ring (bicyclic) bond motifs is 1. The van der Waals surface area contributed by atoms with Gasteiger partial charge in [0.05, 0.1) is 0 Å². The lowest BCUT2D eigenvalue weighted by molar-refractivity contribution is 0.654. The zero-order valence-electron chi connectivity index (χ0n) is 8.89. The molecule has 1 heteroatoms. The first-order valence-electron chi connectivity index (χ1n) is 5.07. The number of hydrogen-bond donors (Lipinski definition) is 0. The molecular formula is C12H17N. The summed E-state index contributed by atoms with van der Waals surface area (Å²) in [6.07, 6.45) is 1.27. The second-order valence-corrected chi connectivity index (χ2v) is 4.42. The fourth-order valence-corrected chi connectivity index (χ4v) is 2.65. The number of aromatic nitrogens is 1. The van der Waals surface area contributed by atoms with E-state index in [1.165, 1.54) is 23.2 Å². The molecule has 70 valence electrons. The molecule has 1 nitrogen and oxygen atoms in total. The van der Waals surface area contributed by atoms with Crippen molar-refractivity contribution in [2.75, 3.05) is 0 Å². The molecule has 0 saturated heterocycles. The Morgan fingerprint density at radius 3 is 2.62 bits per heavy atom. The monoisotopic (exact) mass is 175 g/mol. The fraction of sp³-hybridized carbons (Fsp3) is 0.583. The quantitative estimate of drug-likeness (QED) is 0.589. The van der Waals surface area contributed by atoms with Crippen LogP contribution in [-0.4, -0.2) is 4.98 Å². The van der Waals surface area contributed by atoms with Gasteiger partial charge in [0.2, 0.25) is 0 Å². The number of hydrogen-bond acceptors (Lipinski definition) is 1. The molecule has 0 amide bonds. The van der Waals surface area contributed by atoms with Gasteiger partial charge in [-0.1, -0.05) is 13.8 Å². The molecular weight excluding hydrogens is 158 g/mol. The van der Waals surface area contributed by atoms with Gasteiger partial charge in [0.25, 0.3) is 0 Å². The molecule has 0 spiro atoms. The zero-order chi connectivity index (χ0) is 9.59. The van der Waals surface area contributed by atoms with Crippen molar-refractivity contribution in [3.05, 3.63) is 28.6 Å². The molecule has 2 rings (SSSR count). The van der Waals surface area contributed by atoms with Crippen LogP contribution in [0.25, 0.3) is 0 Å². The third kappa shape index (κ3) is 1.27. The van der Waals surface area contributed by atoms with E-state index in [1.54, 1.807) is 0 Å². The molecule has 2 atom stereocenters. The highest BCUT2D eigenvalue weighted by atomic mass is 14.7. The van der Waals surface area contributed by atoms with E-state index in [1.807, 2.05) is 0 Å². The average Bonchev–Trinajstić information content (AvgIpc) is 2.27. The maximum atomic E-state index is 4.65. The Morgan fingerprint density at radius 1 is 1.23 bits per heavy atom. The van der Waals surface area contributed by atoms with Crippen LogP contribution in [-0.2, 0) is 0 Å². The topological polar surface area (TPSA) is 12.9 Å². The summed E-state index contributed by atoms with van der Waals surface area (Å²) in [4.78, 5) is 4.65. The van der Waals surface area contributed by atoms with Crippen molar-refractivity contribution < 1.29 is 0 Å². The Bertz CT molecular complexity index is 341. The standard InChI is InChI=1S/C12H17N/c1-7-5-9(3)12-11(7)8(2)6-10(4)13-12/h6-7,9H,5H2,1-4H3. The third-order valence-electron chi connectivity index (χ3n) is 3.09. The minimum atomic E-state index is 0.656. The van der Waals surface area contributed by atoms with Crippen LogP contribution in [0.4, 0.5) is 0 Å². The molecule has 1 aliphatic carbocycles. The Balaban J connectivity index is 2.63. The Kier molecular flexibility index (Phi) is 1.90. The van der Waals surface area contributed by atoms with Crippen LogP contribution < -0.4 is 0 Å². The molecule has 0 fully saturated rings. The van der Waals surface area contributed by atoms with E-state index >= 15 is 0 Å². The number of rotatable bonds is 0. The third-order valence-corrected chi connectivity index (χ3v) is 3.09. The number of nitrogens with zero attached hydrogens (tertiary/aromatic N) is 1. The van der Waals surface area contributed by atoms with Gasteiger partial charge in [-0.2, -0.15) is 0 Å². The predicted octanol–water partition coefficient (Wildman–Crippen LogP) is 3.31. The van der Waals surface area contributed by atoms with Crippen molar-refractivity contribution in [2.24, 2.45) is 0 Å². The second kappa shape index (κ2) is 2.83. The number of aryl methyl sites for hydroxylation is 2. The van der Waals surface area contributed by atoms with Crippen molar-refractivity contribution in [2.45, 2.75) is 46.0 Å². The maximum absolute atomic E-state index is 4.65. The Hall–Kier alpha value is -0.850. The van der Waals surface area contributed by atoms with Gasteiger partial charge >= 0.3 is 0 Å². The molecule has 0 radical (unpaired) electrons. The normalized spacial score (nSPS) is 26.2. The lowest BCUT2D eigenvalue weighted by Crippen LogP contribution is -1.97. The minimum Gasteiger partial charge on any atom is -0.258 e. The number of pyridine rings is 1. The van der Waals surface area contributed by atoms with Gasteiger partial charge in [-0.3, -0.25) is 4.98 Å². The summed E-state index contributed by atoms with van der Waals surface area (Å²) in [5.74, 6) is 1.36. The predicted molar refractivity (Wildman–Crippen MR) is 55.2 cm³/mol. The van der Waals surface area contributed by atoms with E-state index in [0.29, 0.717) is 11.8 Å². The van der Waals surface area contributed by atoms with E-state index in [2.05, 4.69) is 38.7 Å². The molecule has 0 aromatic carbocycles. The largest absolute Gasteiger partial charge is 0.258 e. The van der Waals surface area contributed by atoms with Gasteiger partial charge in [0.1, 0.15) is 0 Å². The fourth-order valence-electron chi connectivity index (χ4n) is 2.65. The van der Waals surface area contributed by atoms with E-state index in [-0.39, 0.29) is 0 Å². The van der Waals surface area contributed by atoms with E-state index in [4.69, 9.17) is 0 Å². The van der Waals surface area contributed by atoms with Crippen molar-refractivity contribution in [1.82, 2.24) is 4.98 Å². The van der Waals surface area contributed by atoms with E-state index in [9.17, 15) is 0 Å². The highest BCUT2D eigenvalue weighted by Crippen LogP contribution is 2.41. The first kappa shape index (κ1) is 8.74. The zero-order valence-corrected chi connectivity index (χ0v) is 8.89. The van der Waals surface area contributed by atoms with Gasteiger partial charge in [0, 0.05) is 11.4 Å². The highest BCUT2D eigenvalue weighted by molar-refractivity contribution is 5.39. The lowest BCUT2D eigenvalue weighted by atomic mass is 10.0. The van der Waals surface area contributed by atoms with Crippen molar-refractivity contribution in [3.63, 3.8) is 0 Å². The van der Waals surface area contributed by atoms with E-state index < -0.39 is 0 Å². The van der Waals surface area contributed by atoms with Gasteiger partial charge in [-0.15, -0.1) is 0 Å². The van der Waals surface area contributed by atoms with Crippen LogP contribution in [0.1, 0.15) is 54.6 Å². The van der Waals surface area contributed by atoms with Crippen molar-refractivity contribution in [3.8, 4) is 0 Å². The summed E-state index contributed by atoms with van der Waals surface area (Å²) < 4.78 is 0.